The van der Waals surface area contributed by atoms with Crippen molar-refractivity contribution < 1.29 is 13.2 Å². The molecule has 3 rings (SSSR count). The minimum Gasteiger partial charge on any atom is -0.295 e. The highest BCUT2D eigenvalue weighted by molar-refractivity contribution is 8.00. The molecule has 3 aromatic rings. The molecule has 0 amide bonds. The Morgan fingerprint density at radius 2 is 1.89 bits per heavy atom. The maximum atomic E-state index is 12.8. The lowest BCUT2D eigenvalue weighted by atomic mass is 10.1. The van der Waals surface area contributed by atoms with E-state index in [9.17, 15) is 13.2 Å². The van der Waals surface area contributed by atoms with Gasteiger partial charge in [0.1, 0.15) is 0 Å². The Morgan fingerprint density at radius 1 is 1.18 bits per heavy atom. The molecule has 1 atom stereocenters. The van der Waals surface area contributed by atoms with Crippen molar-refractivity contribution in [2.24, 2.45) is 0 Å². The third-order valence-electron chi connectivity index (χ3n) is 4.01. The number of imidazole rings is 1. The first-order valence-electron chi connectivity index (χ1n) is 8.62. The normalized spacial score (nSPS) is 12.5. The van der Waals surface area contributed by atoms with E-state index in [1.165, 1.54) is 11.8 Å². The van der Waals surface area contributed by atoms with Crippen LogP contribution in [0.4, 0.5) is 5.69 Å². The van der Waals surface area contributed by atoms with E-state index in [1.807, 2.05) is 42.8 Å². The maximum absolute atomic E-state index is 12.8. The van der Waals surface area contributed by atoms with E-state index in [0.717, 1.165) is 22.7 Å². The second kappa shape index (κ2) is 8.20. The van der Waals surface area contributed by atoms with Crippen molar-refractivity contribution in [3.05, 3.63) is 72.1 Å². The number of rotatable bonds is 7. The fourth-order valence-corrected chi connectivity index (χ4v) is 4.24. The van der Waals surface area contributed by atoms with Crippen LogP contribution < -0.4 is 4.72 Å². The molecular formula is C20H21N3O3S2. The third kappa shape index (κ3) is 5.02. The number of carbonyl (C=O) groups is 1. The summed E-state index contributed by atoms with van der Waals surface area (Å²) in [6.45, 7) is 3.87. The molecule has 6 nitrogen and oxygen atoms in total. The van der Waals surface area contributed by atoms with Gasteiger partial charge in [-0.3, -0.25) is 14.1 Å². The van der Waals surface area contributed by atoms with Gasteiger partial charge in [0.05, 0.1) is 11.5 Å². The number of ketones is 1. The zero-order chi connectivity index (χ0) is 20.3. The Morgan fingerprint density at radius 3 is 2.54 bits per heavy atom. The Balaban J connectivity index is 1.74. The summed E-state index contributed by atoms with van der Waals surface area (Å²) in [6, 6.07) is 14.5. The molecular weight excluding hydrogens is 394 g/mol. The SMILES string of the molecule is Cc1cccc(-n2ccnc2S[C@H](C)C(=O)c2ccc(NS(C)(=O)=O)cc2)c1. The summed E-state index contributed by atoms with van der Waals surface area (Å²) in [5.74, 6) is -0.0466. The van der Waals surface area contributed by atoms with Crippen LogP contribution in [0.15, 0.2) is 66.1 Å². The summed E-state index contributed by atoms with van der Waals surface area (Å²) in [5, 5.41) is 0.390. The number of nitrogens with one attached hydrogen (secondary N) is 1. The van der Waals surface area contributed by atoms with Crippen LogP contribution in [-0.4, -0.2) is 35.3 Å². The van der Waals surface area contributed by atoms with Crippen molar-refractivity contribution in [1.29, 1.82) is 0 Å². The lowest BCUT2D eigenvalue weighted by Crippen LogP contribution is -2.15. The number of benzene rings is 2. The van der Waals surface area contributed by atoms with Gasteiger partial charge in [-0.05, 0) is 55.8 Å². The predicted molar refractivity (Wildman–Crippen MR) is 113 cm³/mol. The van der Waals surface area contributed by atoms with Crippen molar-refractivity contribution in [3.63, 3.8) is 0 Å². The maximum Gasteiger partial charge on any atom is 0.229 e. The molecule has 0 aliphatic heterocycles. The molecule has 0 aliphatic carbocycles. The molecule has 0 radical (unpaired) electrons. The van der Waals surface area contributed by atoms with Crippen LogP contribution in [0.1, 0.15) is 22.8 Å². The molecule has 0 unspecified atom stereocenters. The first-order chi connectivity index (χ1) is 13.2. The Kier molecular flexibility index (Phi) is 5.90. The minimum absolute atomic E-state index is 0.0466. The van der Waals surface area contributed by atoms with E-state index in [4.69, 9.17) is 0 Å². The van der Waals surface area contributed by atoms with E-state index in [-0.39, 0.29) is 11.0 Å². The summed E-state index contributed by atoms with van der Waals surface area (Å²) in [6.07, 6.45) is 4.68. The van der Waals surface area contributed by atoms with Gasteiger partial charge in [-0.1, -0.05) is 23.9 Å². The highest BCUT2D eigenvalue weighted by Gasteiger charge is 2.19. The van der Waals surface area contributed by atoms with Crippen LogP contribution in [0.25, 0.3) is 5.69 Å². The summed E-state index contributed by atoms with van der Waals surface area (Å²) in [5.41, 5.74) is 3.09. The number of nitrogens with zero attached hydrogens (tertiary/aromatic N) is 2. The van der Waals surface area contributed by atoms with Crippen LogP contribution in [0.3, 0.4) is 0 Å². The van der Waals surface area contributed by atoms with Gasteiger partial charge in [-0.15, -0.1) is 0 Å². The molecule has 0 bridgehead atoms. The van der Waals surface area contributed by atoms with Gasteiger partial charge in [0.2, 0.25) is 10.0 Å². The van der Waals surface area contributed by atoms with Gasteiger partial charge in [0.15, 0.2) is 10.9 Å². The Labute approximate surface area is 169 Å². The van der Waals surface area contributed by atoms with Gasteiger partial charge in [0.25, 0.3) is 0 Å². The van der Waals surface area contributed by atoms with E-state index in [2.05, 4.69) is 15.8 Å². The summed E-state index contributed by atoms with van der Waals surface area (Å²) < 4.78 is 26.9. The quantitative estimate of drug-likeness (QED) is 0.467. The number of hydrogen-bond donors (Lipinski definition) is 1. The number of aromatic nitrogens is 2. The molecule has 146 valence electrons. The average Bonchev–Trinajstić information content (AvgIpc) is 3.08. The van der Waals surface area contributed by atoms with Crippen molar-refractivity contribution in [2.45, 2.75) is 24.3 Å². The summed E-state index contributed by atoms with van der Waals surface area (Å²) >= 11 is 1.39. The summed E-state index contributed by atoms with van der Waals surface area (Å²) in [4.78, 5) is 17.2. The number of anilines is 1. The molecule has 0 aliphatic rings. The van der Waals surface area contributed by atoms with Crippen molar-refractivity contribution in [1.82, 2.24) is 9.55 Å². The van der Waals surface area contributed by atoms with Crippen LogP contribution >= 0.6 is 11.8 Å². The number of carbonyl (C=O) groups excluding carboxylic acids is 1. The largest absolute Gasteiger partial charge is 0.295 e. The molecule has 1 heterocycles. The number of Topliss-reactive ketones (excluding diaryl/α,β-unsaturated/α-hetero) is 1. The molecule has 0 saturated carbocycles. The average molecular weight is 416 g/mol. The van der Waals surface area contributed by atoms with E-state index < -0.39 is 10.0 Å². The molecule has 1 N–H and O–H groups in total. The number of hydrogen-bond acceptors (Lipinski definition) is 5. The highest BCUT2D eigenvalue weighted by Crippen LogP contribution is 2.27. The monoisotopic (exact) mass is 415 g/mol. The van der Waals surface area contributed by atoms with Crippen molar-refractivity contribution in [3.8, 4) is 5.69 Å². The third-order valence-corrected chi connectivity index (χ3v) is 5.70. The van der Waals surface area contributed by atoms with Gasteiger partial charge in [-0.2, -0.15) is 0 Å². The smallest absolute Gasteiger partial charge is 0.229 e. The minimum atomic E-state index is -3.35. The zero-order valence-electron chi connectivity index (χ0n) is 15.8. The van der Waals surface area contributed by atoms with Crippen molar-refractivity contribution >= 4 is 33.3 Å². The van der Waals surface area contributed by atoms with Gasteiger partial charge in [-0.25, -0.2) is 13.4 Å². The van der Waals surface area contributed by atoms with Crippen LogP contribution in [0.5, 0.6) is 0 Å². The van der Waals surface area contributed by atoms with Crippen LogP contribution in [-0.2, 0) is 10.0 Å². The first kappa shape index (κ1) is 20.2. The lowest BCUT2D eigenvalue weighted by Gasteiger charge is -2.13. The molecule has 0 saturated heterocycles. The topological polar surface area (TPSA) is 81.1 Å². The fourth-order valence-electron chi connectivity index (χ4n) is 2.71. The zero-order valence-corrected chi connectivity index (χ0v) is 17.4. The van der Waals surface area contributed by atoms with Crippen LogP contribution in [0.2, 0.25) is 0 Å². The van der Waals surface area contributed by atoms with E-state index in [1.54, 1.807) is 30.5 Å². The first-order valence-corrected chi connectivity index (χ1v) is 11.4. The van der Waals surface area contributed by atoms with Gasteiger partial charge < -0.3 is 0 Å². The molecule has 8 heteroatoms. The summed E-state index contributed by atoms with van der Waals surface area (Å²) in [7, 11) is -3.35. The fraction of sp³-hybridized carbons (Fsp3) is 0.200. The molecule has 0 fully saturated rings. The highest BCUT2D eigenvalue weighted by atomic mass is 32.2. The predicted octanol–water partition coefficient (Wildman–Crippen LogP) is 3.92. The molecule has 1 aromatic heterocycles. The van der Waals surface area contributed by atoms with E-state index in [0.29, 0.717) is 11.3 Å². The molecule has 28 heavy (non-hydrogen) atoms. The van der Waals surface area contributed by atoms with Gasteiger partial charge in [0, 0.05) is 29.3 Å². The second-order valence-electron chi connectivity index (χ2n) is 6.49. The van der Waals surface area contributed by atoms with E-state index >= 15 is 0 Å². The molecule has 2 aromatic carbocycles. The second-order valence-corrected chi connectivity index (χ2v) is 9.55. The van der Waals surface area contributed by atoms with Gasteiger partial charge >= 0.3 is 0 Å². The number of thioether (sulfide) groups is 1. The Hall–Kier alpha value is -2.58. The lowest BCUT2D eigenvalue weighted by molar-refractivity contribution is 0.0994. The molecule has 0 spiro atoms. The Bertz CT molecular complexity index is 1090. The number of aryl methyl sites for hydroxylation is 1. The van der Waals surface area contributed by atoms with Crippen LogP contribution in [0, 0.1) is 6.92 Å². The number of sulfonamides is 1. The standard InChI is InChI=1S/C20H21N3O3S2/c1-14-5-4-6-18(13-14)23-12-11-21-20(23)27-15(2)19(24)16-7-9-17(10-8-16)22-28(3,25)26/h4-13,15,22H,1-3H3/t15-/m1/s1. The van der Waals surface area contributed by atoms with Crippen molar-refractivity contribution in [2.75, 3.05) is 11.0 Å².